The predicted molar refractivity (Wildman–Crippen MR) is 52.9 cm³/mol. The van der Waals surface area contributed by atoms with E-state index >= 15 is 0 Å². The fourth-order valence-corrected chi connectivity index (χ4v) is 1.45. The van der Waals surface area contributed by atoms with Gasteiger partial charge in [0.25, 0.3) is 0 Å². The molecule has 8 heteroatoms. The Balaban J connectivity index is 2.11. The lowest BCUT2D eigenvalue weighted by molar-refractivity contribution is -0.137. The summed E-state index contributed by atoms with van der Waals surface area (Å²) in [5, 5.41) is 4.48. The Morgan fingerprint density at radius 1 is 1.50 bits per heavy atom. The van der Waals surface area contributed by atoms with Crippen LogP contribution < -0.4 is 10.6 Å². The zero-order valence-corrected chi connectivity index (χ0v) is 8.99. The van der Waals surface area contributed by atoms with Crippen molar-refractivity contribution in [3.63, 3.8) is 0 Å². The minimum atomic E-state index is -4.37. The first-order valence-electron chi connectivity index (χ1n) is 4.39. The Labute approximate surface area is 93.9 Å². The number of carbonyl (C=O) groups excluding carboxylic acids is 1. The van der Waals surface area contributed by atoms with Gasteiger partial charge < -0.3 is 10.6 Å². The lowest BCUT2D eigenvalue weighted by Crippen LogP contribution is -2.39. The van der Waals surface area contributed by atoms with Crippen molar-refractivity contribution in [3.8, 4) is 0 Å². The van der Waals surface area contributed by atoms with E-state index in [4.69, 9.17) is 0 Å². The van der Waals surface area contributed by atoms with Crippen molar-refractivity contribution in [1.82, 2.24) is 15.6 Å². The second kappa shape index (κ2) is 5.80. The molecule has 0 atom stereocenters. The SMILES string of the molecule is O=C(CNCc1cncs1)NCC(F)(F)F. The average molecular weight is 253 g/mol. The summed E-state index contributed by atoms with van der Waals surface area (Å²) < 4.78 is 35.2. The lowest BCUT2D eigenvalue weighted by atomic mass is 10.5. The van der Waals surface area contributed by atoms with Gasteiger partial charge in [0.15, 0.2) is 0 Å². The van der Waals surface area contributed by atoms with Gasteiger partial charge in [-0.15, -0.1) is 11.3 Å². The quantitative estimate of drug-likeness (QED) is 0.820. The third-order valence-electron chi connectivity index (χ3n) is 1.55. The van der Waals surface area contributed by atoms with Gasteiger partial charge in [-0.25, -0.2) is 0 Å². The van der Waals surface area contributed by atoms with Crippen molar-refractivity contribution in [1.29, 1.82) is 0 Å². The molecule has 4 nitrogen and oxygen atoms in total. The minimum Gasteiger partial charge on any atom is -0.346 e. The number of hydrogen-bond acceptors (Lipinski definition) is 4. The largest absolute Gasteiger partial charge is 0.405 e. The summed E-state index contributed by atoms with van der Waals surface area (Å²) in [5.41, 5.74) is 1.64. The summed E-state index contributed by atoms with van der Waals surface area (Å²) in [5.74, 6) is -0.679. The Hall–Kier alpha value is -1.15. The molecule has 90 valence electrons. The minimum absolute atomic E-state index is 0.145. The van der Waals surface area contributed by atoms with Crippen molar-refractivity contribution in [2.24, 2.45) is 0 Å². The highest BCUT2D eigenvalue weighted by molar-refractivity contribution is 7.09. The second-order valence-corrected chi connectivity index (χ2v) is 3.93. The molecule has 1 rings (SSSR count). The summed E-state index contributed by atoms with van der Waals surface area (Å²) >= 11 is 1.41. The van der Waals surface area contributed by atoms with E-state index in [1.807, 2.05) is 0 Å². The zero-order chi connectivity index (χ0) is 12.0. The molecule has 0 radical (unpaired) electrons. The summed E-state index contributed by atoms with van der Waals surface area (Å²) in [6.07, 6.45) is -2.74. The molecule has 16 heavy (non-hydrogen) atoms. The van der Waals surface area contributed by atoms with E-state index in [0.29, 0.717) is 6.54 Å². The number of nitrogens with one attached hydrogen (secondary N) is 2. The third-order valence-corrected chi connectivity index (χ3v) is 2.33. The maximum absolute atomic E-state index is 11.7. The smallest absolute Gasteiger partial charge is 0.346 e. The topological polar surface area (TPSA) is 54.0 Å². The number of carbonyl (C=O) groups is 1. The van der Waals surface area contributed by atoms with Gasteiger partial charge in [0.1, 0.15) is 6.54 Å². The molecule has 0 aliphatic carbocycles. The molecule has 0 bridgehead atoms. The molecule has 1 aromatic rings. The first kappa shape index (κ1) is 12.9. The highest BCUT2D eigenvalue weighted by Crippen LogP contribution is 2.11. The molecular weight excluding hydrogens is 243 g/mol. The number of alkyl halides is 3. The molecule has 0 aliphatic heterocycles. The Morgan fingerprint density at radius 3 is 2.81 bits per heavy atom. The first-order chi connectivity index (χ1) is 7.47. The van der Waals surface area contributed by atoms with Crippen LogP contribution in [-0.2, 0) is 11.3 Å². The summed E-state index contributed by atoms with van der Waals surface area (Å²) in [6, 6.07) is 0. The van der Waals surface area contributed by atoms with Crippen LogP contribution in [-0.4, -0.2) is 30.2 Å². The van der Waals surface area contributed by atoms with Gasteiger partial charge in [-0.05, 0) is 0 Å². The highest BCUT2D eigenvalue weighted by atomic mass is 32.1. The van der Waals surface area contributed by atoms with Gasteiger partial charge in [-0.1, -0.05) is 0 Å². The number of thiazole rings is 1. The average Bonchev–Trinajstić information content (AvgIpc) is 2.66. The van der Waals surface area contributed by atoms with E-state index < -0.39 is 18.6 Å². The maximum Gasteiger partial charge on any atom is 0.405 e. The lowest BCUT2D eigenvalue weighted by Gasteiger charge is -2.08. The van der Waals surface area contributed by atoms with Crippen LogP contribution in [0.1, 0.15) is 4.88 Å². The molecule has 0 aliphatic rings. The van der Waals surface area contributed by atoms with Gasteiger partial charge in [0, 0.05) is 17.6 Å². The molecule has 0 saturated heterocycles. The molecule has 1 amide bonds. The maximum atomic E-state index is 11.7. The van der Waals surface area contributed by atoms with Gasteiger partial charge in [-0.2, -0.15) is 13.2 Å². The number of halogens is 3. The van der Waals surface area contributed by atoms with E-state index in [1.165, 1.54) is 11.3 Å². The molecule has 0 fully saturated rings. The van der Waals surface area contributed by atoms with Crippen LogP contribution in [0, 0.1) is 0 Å². The Kier molecular flexibility index (Phi) is 4.69. The summed E-state index contributed by atoms with van der Waals surface area (Å²) in [6.45, 7) is -1.02. The predicted octanol–water partition coefficient (Wildman–Crippen LogP) is 0.911. The monoisotopic (exact) mass is 253 g/mol. The van der Waals surface area contributed by atoms with Crippen LogP contribution in [0.4, 0.5) is 13.2 Å². The number of hydrogen-bond donors (Lipinski definition) is 2. The van der Waals surface area contributed by atoms with Gasteiger partial charge >= 0.3 is 6.18 Å². The van der Waals surface area contributed by atoms with E-state index in [-0.39, 0.29) is 6.54 Å². The van der Waals surface area contributed by atoms with Crippen LogP contribution in [0.5, 0.6) is 0 Å². The van der Waals surface area contributed by atoms with Crippen molar-refractivity contribution in [2.45, 2.75) is 12.7 Å². The summed E-state index contributed by atoms with van der Waals surface area (Å²) in [7, 11) is 0. The molecule has 0 spiro atoms. The van der Waals surface area contributed by atoms with Crippen molar-refractivity contribution < 1.29 is 18.0 Å². The molecule has 0 unspecified atom stereocenters. The Morgan fingerprint density at radius 2 is 2.25 bits per heavy atom. The standard InChI is InChI=1S/C8H10F3N3OS/c9-8(10,11)4-14-7(15)3-12-1-6-2-13-5-16-6/h2,5,12H,1,3-4H2,(H,14,15). The first-order valence-corrected chi connectivity index (χ1v) is 5.27. The van der Waals surface area contributed by atoms with Crippen molar-refractivity contribution in [2.75, 3.05) is 13.1 Å². The van der Waals surface area contributed by atoms with Crippen LogP contribution in [0.2, 0.25) is 0 Å². The number of nitrogens with zero attached hydrogens (tertiary/aromatic N) is 1. The van der Waals surface area contributed by atoms with Crippen LogP contribution in [0.3, 0.4) is 0 Å². The molecular formula is C8H10F3N3OS. The number of amides is 1. The van der Waals surface area contributed by atoms with Crippen LogP contribution in [0.15, 0.2) is 11.7 Å². The number of aromatic nitrogens is 1. The van der Waals surface area contributed by atoms with Crippen LogP contribution >= 0.6 is 11.3 Å². The van der Waals surface area contributed by atoms with E-state index in [1.54, 1.807) is 17.0 Å². The molecule has 1 aromatic heterocycles. The van der Waals surface area contributed by atoms with Gasteiger partial charge in [0.05, 0.1) is 12.1 Å². The van der Waals surface area contributed by atoms with E-state index in [2.05, 4.69) is 10.3 Å². The van der Waals surface area contributed by atoms with Crippen molar-refractivity contribution in [3.05, 3.63) is 16.6 Å². The van der Waals surface area contributed by atoms with E-state index in [0.717, 1.165) is 4.88 Å². The van der Waals surface area contributed by atoms with Gasteiger partial charge in [-0.3, -0.25) is 9.78 Å². The fraction of sp³-hybridized carbons (Fsp3) is 0.500. The fourth-order valence-electron chi connectivity index (χ4n) is 0.890. The zero-order valence-electron chi connectivity index (χ0n) is 8.17. The molecule has 0 saturated carbocycles. The van der Waals surface area contributed by atoms with Crippen LogP contribution in [0.25, 0.3) is 0 Å². The third kappa shape index (κ3) is 5.66. The van der Waals surface area contributed by atoms with Crippen molar-refractivity contribution >= 4 is 17.2 Å². The molecule has 2 N–H and O–H groups in total. The molecule has 1 heterocycles. The van der Waals surface area contributed by atoms with E-state index in [9.17, 15) is 18.0 Å². The number of rotatable bonds is 5. The highest BCUT2D eigenvalue weighted by Gasteiger charge is 2.27. The summed E-state index contributed by atoms with van der Waals surface area (Å²) in [4.78, 5) is 15.7. The van der Waals surface area contributed by atoms with Gasteiger partial charge in [0.2, 0.25) is 5.91 Å². The normalized spacial score (nSPS) is 11.4. The Bertz CT molecular complexity index is 326. The molecule has 0 aromatic carbocycles. The second-order valence-electron chi connectivity index (χ2n) is 2.96.